The number of nitrogens with two attached hydrogens (primary N) is 1. The summed E-state index contributed by atoms with van der Waals surface area (Å²) in [6, 6.07) is 0. The summed E-state index contributed by atoms with van der Waals surface area (Å²) in [6.45, 7) is 2.19. The van der Waals surface area contributed by atoms with Gasteiger partial charge >= 0.3 is 0 Å². The highest BCUT2D eigenvalue weighted by Gasteiger charge is 2.51. The molecule has 0 spiro atoms. The Labute approximate surface area is 91.9 Å². The molecule has 0 aromatic carbocycles. The van der Waals surface area contributed by atoms with Crippen LogP contribution in [0.15, 0.2) is 12.2 Å². The third kappa shape index (κ3) is 1.70. The van der Waals surface area contributed by atoms with Crippen LogP contribution in [0.3, 0.4) is 0 Å². The van der Waals surface area contributed by atoms with E-state index in [1.165, 1.54) is 12.8 Å². The van der Waals surface area contributed by atoms with Crippen molar-refractivity contribution >= 4 is 5.91 Å². The van der Waals surface area contributed by atoms with Crippen LogP contribution in [0.5, 0.6) is 0 Å². The third-order valence-electron chi connectivity index (χ3n) is 4.23. The van der Waals surface area contributed by atoms with Crippen LogP contribution in [-0.4, -0.2) is 5.91 Å². The Kier molecular flexibility index (Phi) is 2.85. The molecule has 1 saturated carbocycles. The van der Waals surface area contributed by atoms with E-state index in [1.54, 1.807) is 0 Å². The minimum atomic E-state index is -0.186. The molecule has 1 fully saturated rings. The Morgan fingerprint density at radius 3 is 2.73 bits per heavy atom. The molecular weight excluding hydrogens is 186 g/mol. The molecule has 0 unspecified atom stereocenters. The van der Waals surface area contributed by atoms with Gasteiger partial charge in [-0.15, -0.1) is 0 Å². The van der Waals surface area contributed by atoms with Crippen molar-refractivity contribution in [3.05, 3.63) is 12.2 Å². The zero-order chi connectivity index (χ0) is 10.9. The van der Waals surface area contributed by atoms with Gasteiger partial charge in [-0.2, -0.15) is 0 Å². The molecule has 3 atom stereocenters. The first-order valence-electron chi connectivity index (χ1n) is 6.17. The number of allylic oxidation sites excluding steroid dienone is 2. The Hall–Kier alpha value is -0.790. The van der Waals surface area contributed by atoms with Gasteiger partial charge in [-0.1, -0.05) is 38.3 Å². The first kappa shape index (κ1) is 10.7. The van der Waals surface area contributed by atoms with E-state index in [4.69, 9.17) is 5.73 Å². The van der Waals surface area contributed by atoms with Crippen molar-refractivity contribution in [3.8, 4) is 0 Å². The number of fused-ring (bicyclic) bond motifs is 2. The van der Waals surface area contributed by atoms with Crippen molar-refractivity contribution in [1.29, 1.82) is 0 Å². The summed E-state index contributed by atoms with van der Waals surface area (Å²) >= 11 is 0. The van der Waals surface area contributed by atoms with Crippen molar-refractivity contribution in [3.63, 3.8) is 0 Å². The number of carbonyl (C=O) groups excluding carboxylic acids is 1. The Balaban J connectivity index is 2.06. The van der Waals surface area contributed by atoms with Gasteiger partial charge in [0.2, 0.25) is 5.91 Å². The molecule has 2 N–H and O–H groups in total. The number of hydrogen-bond acceptors (Lipinski definition) is 1. The first-order chi connectivity index (χ1) is 7.19. The van der Waals surface area contributed by atoms with Gasteiger partial charge in [0.05, 0.1) is 5.41 Å². The van der Waals surface area contributed by atoms with Crippen molar-refractivity contribution in [2.45, 2.75) is 45.4 Å². The zero-order valence-corrected chi connectivity index (χ0v) is 9.54. The fourth-order valence-corrected chi connectivity index (χ4v) is 3.34. The summed E-state index contributed by atoms with van der Waals surface area (Å²) in [7, 11) is 0. The largest absolute Gasteiger partial charge is 0.369 e. The van der Waals surface area contributed by atoms with Crippen LogP contribution in [0.25, 0.3) is 0 Å². The molecular formula is C13H21NO. The van der Waals surface area contributed by atoms with E-state index >= 15 is 0 Å². The summed E-state index contributed by atoms with van der Waals surface area (Å²) in [6.07, 6.45) is 11.2. The van der Waals surface area contributed by atoms with Crippen LogP contribution in [0.2, 0.25) is 0 Å². The molecule has 2 heteroatoms. The lowest BCUT2D eigenvalue weighted by Crippen LogP contribution is -2.40. The monoisotopic (exact) mass is 207 g/mol. The molecule has 0 aliphatic heterocycles. The summed E-state index contributed by atoms with van der Waals surface area (Å²) < 4.78 is 0. The van der Waals surface area contributed by atoms with E-state index in [0.29, 0.717) is 11.8 Å². The lowest BCUT2D eigenvalue weighted by Gasteiger charge is -2.32. The van der Waals surface area contributed by atoms with Gasteiger partial charge in [-0.3, -0.25) is 4.79 Å². The summed E-state index contributed by atoms with van der Waals surface area (Å²) in [5, 5.41) is 0. The van der Waals surface area contributed by atoms with E-state index in [-0.39, 0.29) is 11.3 Å². The average Bonchev–Trinajstić information content (AvgIpc) is 2.78. The SMILES string of the molecule is CCCCC[C@@]1(C(N)=O)C[C@H]2C=C[C@H]1C2. The highest BCUT2D eigenvalue weighted by atomic mass is 16.1. The number of amides is 1. The standard InChI is InChI=1S/C13H21NO/c1-2-3-4-7-13(12(14)15)9-10-5-6-11(13)8-10/h5-6,10-11H,2-4,7-9H2,1H3,(H2,14,15)/t10-,11-,13+/m0/s1. The predicted octanol–water partition coefficient (Wildman–Crippen LogP) is 2.63. The van der Waals surface area contributed by atoms with Gasteiger partial charge in [0.15, 0.2) is 0 Å². The van der Waals surface area contributed by atoms with Gasteiger partial charge in [0, 0.05) is 0 Å². The molecule has 15 heavy (non-hydrogen) atoms. The van der Waals surface area contributed by atoms with Gasteiger partial charge in [-0.05, 0) is 31.1 Å². The Morgan fingerprint density at radius 2 is 2.27 bits per heavy atom. The molecule has 2 aliphatic carbocycles. The van der Waals surface area contributed by atoms with Crippen LogP contribution in [0, 0.1) is 17.3 Å². The molecule has 1 amide bonds. The average molecular weight is 207 g/mol. The lowest BCUT2D eigenvalue weighted by atomic mass is 9.71. The second kappa shape index (κ2) is 3.99. The van der Waals surface area contributed by atoms with Crippen molar-refractivity contribution in [2.75, 3.05) is 0 Å². The molecule has 0 saturated heterocycles. The minimum absolute atomic E-state index is 0.0598. The number of carbonyl (C=O) groups is 1. The van der Waals surface area contributed by atoms with E-state index in [1.807, 2.05) is 0 Å². The van der Waals surface area contributed by atoms with E-state index < -0.39 is 0 Å². The van der Waals surface area contributed by atoms with E-state index in [9.17, 15) is 4.79 Å². The van der Waals surface area contributed by atoms with Crippen molar-refractivity contribution in [2.24, 2.45) is 23.0 Å². The number of hydrogen-bond donors (Lipinski definition) is 1. The van der Waals surface area contributed by atoms with Crippen LogP contribution >= 0.6 is 0 Å². The van der Waals surface area contributed by atoms with Crippen molar-refractivity contribution < 1.29 is 4.79 Å². The molecule has 0 aromatic heterocycles. The molecule has 0 aromatic rings. The Bertz CT molecular complexity index is 284. The fraction of sp³-hybridized carbons (Fsp3) is 0.769. The number of primary amides is 1. The third-order valence-corrected chi connectivity index (χ3v) is 4.23. The summed E-state index contributed by atoms with van der Waals surface area (Å²) in [5.74, 6) is 1.01. The molecule has 84 valence electrons. The molecule has 2 aliphatic rings. The van der Waals surface area contributed by atoms with Crippen LogP contribution in [-0.2, 0) is 4.79 Å². The Morgan fingerprint density at radius 1 is 1.47 bits per heavy atom. The van der Waals surface area contributed by atoms with Crippen LogP contribution in [0.4, 0.5) is 0 Å². The first-order valence-corrected chi connectivity index (χ1v) is 6.17. The number of unbranched alkanes of at least 4 members (excludes halogenated alkanes) is 2. The second-order valence-corrected chi connectivity index (χ2v) is 5.17. The second-order valence-electron chi connectivity index (χ2n) is 5.17. The highest BCUT2D eigenvalue weighted by Crippen LogP contribution is 2.54. The minimum Gasteiger partial charge on any atom is -0.369 e. The maximum Gasteiger partial charge on any atom is 0.224 e. The quantitative estimate of drug-likeness (QED) is 0.546. The topological polar surface area (TPSA) is 43.1 Å². The smallest absolute Gasteiger partial charge is 0.224 e. The van der Waals surface area contributed by atoms with Crippen LogP contribution in [0.1, 0.15) is 45.4 Å². The van der Waals surface area contributed by atoms with Crippen molar-refractivity contribution in [1.82, 2.24) is 0 Å². The van der Waals surface area contributed by atoms with E-state index in [2.05, 4.69) is 19.1 Å². The maximum absolute atomic E-state index is 11.7. The normalized spacial score (nSPS) is 37.4. The number of rotatable bonds is 5. The molecule has 0 radical (unpaired) electrons. The maximum atomic E-state index is 11.7. The van der Waals surface area contributed by atoms with Gasteiger partial charge in [-0.25, -0.2) is 0 Å². The molecule has 2 nitrogen and oxygen atoms in total. The van der Waals surface area contributed by atoms with Gasteiger partial charge in [0.1, 0.15) is 0 Å². The highest BCUT2D eigenvalue weighted by molar-refractivity contribution is 5.82. The molecule has 2 rings (SSSR count). The van der Waals surface area contributed by atoms with Crippen LogP contribution < -0.4 is 5.73 Å². The lowest BCUT2D eigenvalue weighted by molar-refractivity contribution is -0.129. The summed E-state index contributed by atoms with van der Waals surface area (Å²) in [5.41, 5.74) is 5.44. The van der Waals surface area contributed by atoms with Gasteiger partial charge in [0.25, 0.3) is 0 Å². The predicted molar refractivity (Wildman–Crippen MR) is 61.1 cm³/mol. The van der Waals surface area contributed by atoms with Gasteiger partial charge < -0.3 is 5.73 Å². The molecule has 2 bridgehead atoms. The fourth-order valence-electron chi connectivity index (χ4n) is 3.34. The zero-order valence-electron chi connectivity index (χ0n) is 9.54. The van der Waals surface area contributed by atoms with E-state index in [0.717, 1.165) is 25.7 Å². The molecule has 0 heterocycles. The summed E-state index contributed by atoms with van der Waals surface area (Å²) in [4.78, 5) is 11.7.